The number of hydrogen-bond acceptors (Lipinski definition) is 3. The molecular formula is C18H22FN3O2. The number of nitrogens with zero attached hydrogens (tertiary/aromatic N) is 2. The normalized spacial score (nSPS) is 19.5. The Hall–Kier alpha value is -2.24. The number of carbonyl (C=O) groups excluding carboxylic acids is 2. The van der Waals surface area contributed by atoms with E-state index in [1.807, 2.05) is 6.07 Å². The van der Waals surface area contributed by atoms with Crippen molar-refractivity contribution in [2.24, 2.45) is 11.0 Å². The highest BCUT2D eigenvalue weighted by atomic mass is 19.1. The van der Waals surface area contributed by atoms with Gasteiger partial charge in [-0.2, -0.15) is 5.10 Å². The van der Waals surface area contributed by atoms with Crippen LogP contribution in [0.3, 0.4) is 0 Å². The van der Waals surface area contributed by atoms with E-state index >= 15 is 0 Å². The van der Waals surface area contributed by atoms with Crippen LogP contribution in [0, 0.1) is 11.7 Å². The highest BCUT2D eigenvalue weighted by Gasteiger charge is 2.29. The molecule has 2 aliphatic rings. The van der Waals surface area contributed by atoms with Gasteiger partial charge in [-0.1, -0.05) is 25.0 Å². The Labute approximate surface area is 140 Å². The van der Waals surface area contributed by atoms with Crippen molar-refractivity contribution in [1.29, 1.82) is 0 Å². The molecule has 1 aromatic rings. The van der Waals surface area contributed by atoms with Crippen molar-refractivity contribution in [3.63, 3.8) is 0 Å². The van der Waals surface area contributed by atoms with Crippen molar-refractivity contribution in [3.8, 4) is 0 Å². The monoisotopic (exact) mass is 331 g/mol. The first-order chi connectivity index (χ1) is 11.5. The number of hydrazone groups is 1. The highest BCUT2D eigenvalue weighted by Crippen LogP contribution is 2.36. The summed E-state index contributed by atoms with van der Waals surface area (Å²) in [5.41, 5.74) is 1.38. The molecule has 1 saturated carbocycles. The maximum absolute atomic E-state index is 13.6. The smallest absolute Gasteiger partial charge is 0.248 e. The minimum Gasteiger partial charge on any atom is -0.349 e. The first-order valence-electron chi connectivity index (χ1n) is 8.40. The van der Waals surface area contributed by atoms with Gasteiger partial charge in [0.2, 0.25) is 11.8 Å². The Morgan fingerprint density at radius 1 is 1.42 bits per heavy atom. The van der Waals surface area contributed by atoms with E-state index in [0.717, 1.165) is 31.2 Å². The van der Waals surface area contributed by atoms with E-state index in [4.69, 9.17) is 0 Å². The maximum atomic E-state index is 13.6. The average molecular weight is 331 g/mol. The summed E-state index contributed by atoms with van der Waals surface area (Å²) in [7, 11) is 1.58. The van der Waals surface area contributed by atoms with Gasteiger partial charge in [0.25, 0.3) is 0 Å². The van der Waals surface area contributed by atoms with Crippen LogP contribution in [0.2, 0.25) is 0 Å². The molecule has 5 nitrogen and oxygen atoms in total. The number of nitrogens with one attached hydrogen (secondary N) is 1. The lowest BCUT2D eigenvalue weighted by Crippen LogP contribution is -2.33. The molecule has 3 rings (SSSR count). The zero-order valence-electron chi connectivity index (χ0n) is 13.8. The second kappa shape index (κ2) is 7.11. The molecule has 24 heavy (non-hydrogen) atoms. The Kier molecular flexibility index (Phi) is 4.92. The second-order valence-electron chi connectivity index (χ2n) is 6.58. The van der Waals surface area contributed by atoms with E-state index in [9.17, 15) is 14.0 Å². The van der Waals surface area contributed by atoms with Gasteiger partial charge in [-0.05, 0) is 36.5 Å². The second-order valence-corrected chi connectivity index (χ2v) is 6.58. The summed E-state index contributed by atoms with van der Waals surface area (Å²) in [6.07, 6.45) is 4.64. The van der Waals surface area contributed by atoms with E-state index in [2.05, 4.69) is 10.4 Å². The molecule has 1 atom stereocenters. The Bertz CT molecular complexity index is 668. The number of hydrogen-bond donors (Lipinski definition) is 1. The van der Waals surface area contributed by atoms with Gasteiger partial charge in [0, 0.05) is 7.05 Å². The van der Waals surface area contributed by atoms with Crippen LogP contribution >= 0.6 is 0 Å². The van der Waals surface area contributed by atoms with E-state index in [1.54, 1.807) is 13.1 Å². The zero-order chi connectivity index (χ0) is 17.1. The molecule has 1 heterocycles. The summed E-state index contributed by atoms with van der Waals surface area (Å²) in [6, 6.07) is 6.25. The topological polar surface area (TPSA) is 61.8 Å². The molecule has 1 aliphatic carbocycles. The SMILES string of the molecule is CN1N=C(CC(=O)NC(c2cccc(F)c2)C2CCCC2)CC1=O. The first-order valence-corrected chi connectivity index (χ1v) is 8.40. The fraction of sp³-hybridized carbons (Fsp3) is 0.500. The number of rotatable bonds is 5. The number of halogens is 1. The standard InChI is InChI=1S/C18H22FN3O2/c1-22-17(24)11-15(21-22)10-16(23)20-18(12-5-2-3-6-12)13-7-4-8-14(19)9-13/h4,7-9,12,18H,2-3,5-6,10-11H2,1H3,(H,20,23). The van der Waals surface area contributed by atoms with Crippen LogP contribution in [0.5, 0.6) is 0 Å². The van der Waals surface area contributed by atoms with E-state index in [-0.39, 0.29) is 36.5 Å². The molecule has 6 heteroatoms. The fourth-order valence-electron chi connectivity index (χ4n) is 3.56. The van der Waals surface area contributed by atoms with Crippen molar-refractivity contribution >= 4 is 17.5 Å². The first kappa shape index (κ1) is 16.6. The molecule has 0 saturated heterocycles. The minimum atomic E-state index is -0.294. The third-order valence-corrected chi connectivity index (χ3v) is 4.77. The third kappa shape index (κ3) is 3.80. The average Bonchev–Trinajstić information content (AvgIpc) is 3.16. The molecule has 1 fully saturated rings. The largest absolute Gasteiger partial charge is 0.349 e. The lowest BCUT2D eigenvalue weighted by molar-refractivity contribution is -0.127. The van der Waals surface area contributed by atoms with Crippen molar-refractivity contribution in [2.45, 2.75) is 44.6 Å². The Balaban J connectivity index is 1.71. The van der Waals surface area contributed by atoms with Crippen LogP contribution in [-0.4, -0.2) is 29.6 Å². The van der Waals surface area contributed by atoms with Crippen LogP contribution in [-0.2, 0) is 9.59 Å². The van der Waals surface area contributed by atoms with E-state index in [1.165, 1.54) is 17.1 Å². The van der Waals surface area contributed by atoms with Crippen molar-refractivity contribution in [3.05, 3.63) is 35.6 Å². The van der Waals surface area contributed by atoms with Gasteiger partial charge in [-0.3, -0.25) is 9.59 Å². The van der Waals surface area contributed by atoms with E-state index in [0.29, 0.717) is 11.6 Å². The van der Waals surface area contributed by atoms with Crippen LogP contribution < -0.4 is 5.32 Å². The predicted octanol–water partition coefficient (Wildman–Crippen LogP) is 2.78. The van der Waals surface area contributed by atoms with E-state index < -0.39 is 0 Å². The summed E-state index contributed by atoms with van der Waals surface area (Å²) < 4.78 is 13.6. The van der Waals surface area contributed by atoms with Crippen LogP contribution in [0.4, 0.5) is 4.39 Å². The van der Waals surface area contributed by atoms with Gasteiger partial charge in [0.15, 0.2) is 0 Å². The molecule has 128 valence electrons. The predicted molar refractivity (Wildman–Crippen MR) is 88.7 cm³/mol. The summed E-state index contributed by atoms with van der Waals surface area (Å²) in [5.74, 6) is -0.240. The lowest BCUT2D eigenvalue weighted by atomic mass is 9.91. The molecule has 2 amide bonds. The van der Waals surface area contributed by atoms with Crippen LogP contribution in [0.25, 0.3) is 0 Å². The Morgan fingerprint density at radius 2 is 2.17 bits per heavy atom. The molecule has 1 N–H and O–H groups in total. The number of benzene rings is 1. The fourth-order valence-corrected chi connectivity index (χ4v) is 3.56. The molecule has 0 aromatic heterocycles. The summed E-state index contributed by atoms with van der Waals surface area (Å²) >= 11 is 0. The zero-order valence-corrected chi connectivity index (χ0v) is 13.8. The molecule has 1 unspecified atom stereocenters. The van der Waals surface area contributed by atoms with Crippen LogP contribution in [0.1, 0.15) is 50.1 Å². The number of carbonyl (C=O) groups is 2. The van der Waals surface area contributed by atoms with Crippen LogP contribution in [0.15, 0.2) is 29.4 Å². The van der Waals surface area contributed by atoms with Crippen molar-refractivity contribution in [2.75, 3.05) is 7.05 Å². The molecule has 1 aromatic carbocycles. The Morgan fingerprint density at radius 3 is 2.79 bits per heavy atom. The molecule has 0 radical (unpaired) electrons. The number of amides is 2. The highest BCUT2D eigenvalue weighted by molar-refractivity contribution is 6.11. The third-order valence-electron chi connectivity index (χ3n) is 4.77. The van der Waals surface area contributed by atoms with Gasteiger partial charge < -0.3 is 5.32 Å². The maximum Gasteiger partial charge on any atom is 0.248 e. The van der Waals surface area contributed by atoms with Gasteiger partial charge in [-0.25, -0.2) is 9.40 Å². The van der Waals surface area contributed by atoms with Crippen molar-refractivity contribution in [1.82, 2.24) is 10.3 Å². The summed E-state index contributed by atoms with van der Waals surface area (Å²) in [6.45, 7) is 0. The molecular weight excluding hydrogens is 309 g/mol. The summed E-state index contributed by atoms with van der Waals surface area (Å²) in [5, 5.41) is 8.39. The van der Waals surface area contributed by atoms with Gasteiger partial charge in [0.05, 0.1) is 24.6 Å². The van der Waals surface area contributed by atoms with Gasteiger partial charge in [-0.15, -0.1) is 0 Å². The van der Waals surface area contributed by atoms with Gasteiger partial charge in [0.1, 0.15) is 5.82 Å². The molecule has 0 bridgehead atoms. The van der Waals surface area contributed by atoms with Gasteiger partial charge >= 0.3 is 0 Å². The lowest BCUT2D eigenvalue weighted by Gasteiger charge is -2.25. The molecule has 0 spiro atoms. The van der Waals surface area contributed by atoms with Crippen molar-refractivity contribution < 1.29 is 14.0 Å². The minimum absolute atomic E-state index is 0.102. The summed E-state index contributed by atoms with van der Waals surface area (Å²) in [4.78, 5) is 23.9. The molecule has 1 aliphatic heterocycles. The quantitative estimate of drug-likeness (QED) is 0.902.